The first kappa shape index (κ1) is 12.2. The van der Waals surface area contributed by atoms with Crippen LogP contribution in [-0.4, -0.2) is 33.6 Å². The number of H-pyrrole nitrogens is 1. The lowest BCUT2D eigenvalue weighted by molar-refractivity contribution is 0.0748. The van der Waals surface area contributed by atoms with Crippen molar-refractivity contribution in [1.82, 2.24) is 15.1 Å². The van der Waals surface area contributed by atoms with Crippen LogP contribution in [0.5, 0.6) is 0 Å². The lowest BCUT2D eigenvalue weighted by Gasteiger charge is -2.20. The Morgan fingerprint density at radius 1 is 1.67 bits per heavy atom. The van der Waals surface area contributed by atoms with E-state index < -0.39 is 0 Å². The number of halogens is 1. The molecule has 1 fully saturated rings. The Morgan fingerprint density at radius 3 is 3.06 bits per heavy atom. The number of nitrogens with zero attached hydrogens (tertiary/aromatic N) is 2. The van der Waals surface area contributed by atoms with Gasteiger partial charge in [-0.25, -0.2) is 0 Å². The summed E-state index contributed by atoms with van der Waals surface area (Å²) in [5, 5.41) is 8.02. The molecule has 0 aromatic carbocycles. The van der Waals surface area contributed by atoms with E-state index in [1.807, 2.05) is 11.0 Å². The maximum absolute atomic E-state index is 12.5. The highest BCUT2D eigenvalue weighted by molar-refractivity contribution is 9.10. The standard InChI is InChI=1S/C12H14BrN3OS/c1-2-5-16(7-3-4-7)12(17)9-6-8-10(13)14-15-11(8)18-9/h6-7H,2-5H2,1H3,(H,14,15). The van der Waals surface area contributed by atoms with E-state index in [2.05, 4.69) is 33.1 Å². The number of hydrogen-bond donors (Lipinski definition) is 1. The maximum Gasteiger partial charge on any atom is 0.264 e. The van der Waals surface area contributed by atoms with Crippen LogP contribution in [0.25, 0.3) is 10.2 Å². The molecule has 96 valence electrons. The van der Waals surface area contributed by atoms with Crippen molar-refractivity contribution in [2.24, 2.45) is 0 Å². The topological polar surface area (TPSA) is 49.0 Å². The third-order valence-electron chi connectivity index (χ3n) is 3.13. The monoisotopic (exact) mass is 327 g/mol. The van der Waals surface area contributed by atoms with Gasteiger partial charge in [0.2, 0.25) is 0 Å². The van der Waals surface area contributed by atoms with Crippen LogP contribution in [0, 0.1) is 0 Å². The van der Waals surface area contributed by atoms with Crippen molar-refractivity contribution in [3.63, 3.8) is 0 Å². The number of thiophene rings is 1. The summed E-state index contributed by atoms with van der Waals surface area (Å²) < 4.78 is 0.848. The van der Waals surface area contributed by atoms with Gasteiger partial charge in [0.1, 0.15) is 9.43 Å². The molecule has 0 atom stereocenters. The van der Waals surface area contributed by atoms with Gasteiger partial charge in [0, 0.05) is 18.0 Å². The van der Waals surface area contributed by atoms with Gasteiger partial charge in [0.05, 0.1) is 4.88 Å². The summed E-state index contributed by atoms with van der Waals surface area (Å²) in [5.41, 5.74) is 0. The number of carbonyl (C=O) groups excluding carboxylic acids is 1. The number of hydrogen-bond acceptors (Lipinski definition) is 3. The normalized spacial score (nSPS) is 15.2. The van der Waals surface area contributed by atoms with Gasteiger partial charge in [-0.05, 0) is 41.3 Å². The molecule has 0 saturated heterocycles. The van der Waals surface area contributed by atoms with Crippen LogP contribution in [0.1, 0.15) is 35.9 Å². The zero-order valence-electron chi connectivity index (χ0n) is 10.1. The van der Waals surface area contributed by atoms with Gasteiger partial charge in [-0.15, -0.1) is 11.3 Å². The summed E-state index contributed by atoms with van der Waals surface area (Å²) >= 11 is 4.86. The van der Waals surface area contributed by atoms with Gasteiger partial charge in [-0.3, -0.25) is 9.89 Å². The summed E-state index contributed by atoms with van der Waals surface area (Å²) in [4.78, 5) is 16.2. The summed E-state index contributed by atoms with van der Waals surface area (Å²) in [7, 11) is 0. The Labute approximate surface area is 117 Å². The summed E-state index contributed by atoms with van der Waals surface area (Å²) in [6.07, 6.45) is 3.31. The van der Waals surface area contributed by atoms with Gasteiger partial charge in [-0.1, -0.05) is 6.92 Å². The number of rotatable bonds is 4. The van der Waals surface area contributed by atoms with E-state index in [1.165, 1.54) is 11.3 Å². The molecule has 1 aliphatic carbocycles. The molecule has 3 rings (SSSR count). The highest BCUT2D eigenvalue weighted by Gasteiger charge is 2.33. The van der Waals surface area contributed by atoms with Crippen molar-refractivity contribution in [2.75, 3.05) is 6.54 Å². The van der Waals surface area contributed by atoms with Crippen molar-refractivity contribution >= 4 is 43.4 Å². The molecule has 0 aliphatic heterocycles. The highest BCUT2D eigenvalue weighted by atomic mass is 79.9. The predicted molar refractivity (Wildman–Crippen MR) is 76.0 cm³/mol. The van der Waals surface area contributed by atoms with Crippen molar-refractivity contribution < 1.29 is 4.79 Å². The van der Waals surface area contributed by atoms with Crippen LogP contribution < -0.4 is 0 Å². The minimum absolute atomic E-state index is 0.161. The third-order valence-corrected chi connectivity index (χ3v) is 4.75. The molecule has 18 heavy (non-hydrogen) atoms. The molecule has 1 N–H and O–H groups in total. The molecule has 2 aromatic heterocycles. The van der Waals surface area contributed by atoms with Crippen molar-refractivity contribution in [1.29, 1.82) is 0 Å². The van der Waals surface area contributed by atoms with E-state index in [9.17, 15) is 4.79 Å². The fourth-order valence-corrected chi connectivity index (χ4v) is 3.58. The van der Waals surface area contributed by atoms with Gasteiger partial charge in [-0.2, -0.15) is 5.10 Å². The number of aromatic amines is 1. The summed E-state index contributed by atoms with van der Waals surface area (Å²) in [6.45, 7) is 2.97. The van der Waals surface area contributed by atoms with Crippen LogP contribution >= 0.6 is 27.3 Å². The van der Waals surface area contributed by atoms with Crippen LogP contribution in [-0.2, 0) is 0 Å². The molecular weight excluding hydrogens is 314 g/mol. The van der Waals surface area contributed by atoms with Crippen LogP contribution in [0.4, 0.5) is 0 Å². The number of aromatic nitrogens is 2. The fraction of sp³-hybridized carbons (Fsp3) is 0.500. The van der Waals surface area contributed by atoms with Crippen molar-refractivity contribution in [3.05, 3.63) is 15.5 Å². The number of carbonyl (C=O) groups is 1. The van der Waals surface area contributed by atoms with E-state index in [0.717, 1.165) is 45.5 Å². The minimum atomic E-state index is 0.161. The zero-order valence-corrected chi connectivity index (χ0v) is 12.5. The Kier molecular flexibility index (Phi) is 3.15. The largest absolute Gasteiger partial charge is 0.335 e. The third kappa shape index (κ3) is 2.07. The van der Waals surface area contributed by atoms with Crippen LogP contribution in [0.2, 0.25) is 0 Å². The van der Waals surface area contributed by atoms with Gasteiger partial charge in [0.25, 0.3) is 5.91 Å². The molecule has 1 amide bonds. The molecule has 0 radical (unpaired) electrons. The Hall–Kier alpha value is -0.880. The number of nitrogens with one attached hydrogen (secondary N) is 1. The minimum Gasteiger partial charge on any atom is -0.335 e. The van der Waals surface area contributed by atoms with Gasteiger partial charge < -0.3 is 4.90 Å². The summed E-state index contributed by atoms with van der Waals surface area (Å²) in [6, 6.07) is 2.40. The second-order valence-corrected chi connectivity index (χ2v) is 6.42. The summed E-state index contributed by atoms with van der Waals surface area (Å²) in [5.74, 6) is 0.161. The van der Waals surface area contributed by atoms with Crippen LogP contribution in [0.15, 0.2) is 10.7 Å². The molecule has 6 heteroatoms. The molecule has 4 nitrogen and oxygen atoms in total. The van der Waals surface area contributed by atoms with Crippen molar-refractivity contribution in [3.8, 4) is 0 Å². The molecule has 2 heterocycles. The zero-order chi connectivity index (χ0) is 12.7. The molecule has 1 saturated carbocycles. The number of fused-ring (bicyclic) bond motifs is 1. The average molecular weight is 328 g/mol. The Morgan fingerprint density at radius 2 is 2.44 bits per heavy atom. The fourth-order valence-electron chi connectivity index (χ4n) is 2.11. The van der Waals surface area contributed by atoms with E-state index in [0.29, 0.717) is 6.04 Å². The molecule has 1 aliphatic rings. The maximum atomic E-state index is 12.5. The van der Waals surface area contributed by atoms with Crippen molar-refractivity contribution in [2.45, 2.75) is 32.2 Å². The molecule has 0 spiro atoms. The molecule has 0 unspecified atom stereocenters. The van der Waals surface area contributed by atoms with Gasteiger partial charge >= 0.3 is 0 Å². The molecular formula is C12H14BrN3OS. The molecule has 2 aromatic rings. The first-order valence-corrected chi connectivity index (χ1v) is 7.76. The quantitative estimate of drug-likeness (QED) is 0.935. The SMILES string of the molecule is CCCN(C(=O)c1cc2c(Br)[nH]nc2s1)C1CC1. The van der Waals surface area contributed by atoms with E-state index >= 15 is 0 Å². The second-order valence-electron chi connectivity index (χ2n) is 4.60. The average Bonchev–Trinajstić information content (AvgIpc) is 3.01. The lowest BCUT2D eigenvalue weighted by atomic mass is 10.3. The first-order chi connectivity index (χ1) is 8.70. The molecule has 0 bridgehead atoms. The first-order valence-electron chi connectivity index (χ1n) is 6.15. The van der Waals surface area contributed by atoms with E-state index in [1.54, 1.807) is 0 Å². The Balaban J connectivity index is 1.89. The highest BCUT2D eigenvalue weighted by Crippen LogP contribution is 2.33. The Bertz CT molecular complexity index is 587. The number of amides is 1. The van der Waals surface area contributed by atoms with E-state index in [4.69, 9.17) is 0 Å². The van der Waals surface area contributed by atoms with Crippen LogP contribution in [0.3, 0.4) is 0 Å². The second kappa shape index (κ2) is 4.66. The van der Waals surface area contributed by atoms with Gasteiger partial charge in [0.15, 0.2) is 0 Å². The lowest BCUT2D eigenvalue weighted by Crippen LogP contribution is -2.33. The predicted octanol–water partition coefficient (Wildman–Crippen LogP) is 3.40. The van der Waals surface area contributed by atoms with E-state index in [-0.39, 0.29) is 5.91 Å². The smallest absolute Gasteiger partial charge is 0.264 e.